The van der Waals surface area contributed by atoms with Crippen LogP contribution in [-0.4, -0.2) is 23.1 Å². The normalized spacial score (nSPS) is 31.6. The lowest BCUT2D eigenvalue weighted by Crippen LogP contribution is -2.60. The van der Waals surface area contributed by atoms with Crippen LogP contribution in [0.25, 0.3) is 0 Å². The molecular weight excluding hydrogens is 362 g/mol. The minimum absolute atomic E-state index is 0.0126. The first-order valence-electron chi connectivity index (χ1n) is 9.81. The van der Waals surface area contributed by atoms with Crippen molar-refractivity contribution in [2.24, 2.45) is 22.9 Å². The first-order chi connectivity index (χ1) is 12.9. The second kappa shape index (κ2) is 7.27. The van der Waals surface area contributed by atoms with E-state index in [0.717, 1.165) is 37.0 Å². The van der Waals surface area contributed by atoms with E-state index < -0.39 is 0 Å². The number of amides is 2. The molecule has 4 fully saturated rings. The lowest BCUT2D eigenvalue weighted by molar-refractivity contribution is -0.125. The number of hydrogen-bond donors (Lipinski definition) is 2. The summed E-state index contributed by atoms with van der Waals surface area (Å²) >= 11 is 5.83. The molecule has 0 spiro atoms. The molecule has 2 amide bonds. The highest BCUT2D eigenvalue weighted by Crippen LogP contribution is 2.55. The topological polar surface area (TPSA) is 70.6 Å². The van der Waals surface area contributed by atoms with E-state index >= 15 is 0 Å². The molecule has 144 valence electrons. The number of benzene rings is 1. The van der Waals surface area contributed by atoms with Crippen molar-refractivity contribution in [3.8, 4) is 0 Å². The fourth-order valence-electron chi connectivity index (χ4n) is 5.69. The van der Waals surface area contributed by atoms with E-state index in [2.05, 4.69) is 15.8 Å². The largest absolute Gasteiger partial charge is 0.350 e. The summed E-state index contributed by atoms with van der Waals surface area (Å²) in [4.78, 5) is 24.7. The van der Waals surface area contributed by atoms with Crippen LogP contribution in [0.4, 0.5) is 0 Å². The molecule has 5 rings (SSSR count). The second-order valence-electron chi connectivity index (χ2n) is 8.72. The molecule has 1 aromatic carbocycles. The maximum atomic E-state index is 12.6. The third kappa shape index (κ3) is 4.18. The van der Waals surface area contributed by atoms with E-state index in [1.807, 2.05) is 0 Å². The van der Waals surface area contributed by atoms with Crippen LogP contribution in [0.3, 0.4) is 0 Å². The Morgan fingerprint density at radius 2 is 1.63 bits per heavy atom. The maximum absolute atomic E-state index is 12.6. The zero-order valence-corrected chi connectivity index (χ0v) is 16.4. The summed E-state index contributed by atoms with van der Waals surface area (Å²) in [5, 5.41) is 7.99. The molecule has 0 aliphatic heterocycles. The van der Waals surface area contributed by atoms with Crippen LogP contribution in [0.1, 0.15) is 62.2 Å². The van der Waals surface area contributed by atoms with Gasteiger partial charge < -0.3 is 5.32 Å². The highest BCUT2D eigenvalue weighted by atomic mass is 35.5. The van der Waals surface area contributed by atoms with Gasteiger partial charge in [0.25, 0.3) is 5.91 Å². The van der Waals surface area contributed by atoms with Crippen molar-refractivity contribution in [3.63, 3.8) is 0 Å². The third-order valence-corrected chi connectivity index (χ3v) is 6.57. The second-order valence-corrected chi connectivity index (χ2v) is 9.15. The lowest BCUT2D eigenvalue weighted by atomic mass is 9.53. The minimum Gasteiger partial charge on any atom is -0.350 e. The van der Waals surface area contributed by atoms with Crippen LogP contribution in [0, 0.1) is 17.8 Å². The Hall–Kier alpha value is -1.88. The van der Waals surface area contributed by atoms with Crippen molar-refractivity contribution in [2.45, 2.75) is 57.4 Å². The third-order valence-electron chi connectivity index (χ3n) is 6.31. The van der Waals surface area contributed by atoms with E-state index in [4.69, 9.17) is 11.6 Å². The molecule has 0 radical (unpaired) electrons. The number of rotatable bonds is 5. The van der Waals surface area contributed by atoms with Gasteiger partial charge >= 0.3 is 0 Å². The van der Waals surface area contributed by atoms with Crippen LogP contribution in [-0.2, 0) is 4.79 Å². The van der Waals surface area contributed by atoms with Gasteiger partial charge in [-0.25, -0.2) is 5.43 Å². The molecule has 0 heterocycles. The molecule has 4 aliphatic rings. The zero-order valence-electron chi connectivity index (χ0n) is 15.6. The van der Waals surface area contributed by atoms with Gasteiger partial charge in [0.15, 0.2) is 0 Å². The lowest BCUT2D eigenvalue weighted by Gasteiger charge is -2.56. The molecule has 0 saturated heterocycles. The monoisotopic (exact) mass is 387 g/mol. The van der Waals surface area contributed by atoms with Crippen molar-refractivity contribution in [1.82, 2.24) is 10.7 Å². The van der Waals surface area contributed by atoms with Gasteiger partial charge in [-0.1, -0.05) is 11.6 Å². The molecule has 27 heavy (non-hydrogen) atoms. The van der Waals surface area contributed by atoms with Gasteiger partial charge in [0.05, 0.1) is 6.42 Å². The zero-order chi connectivity index (χ0) is 19.0. The Morgan fingerprint density at radius 3 is 2.19 bits per heavy atom. The number of hydrogen-bond acceptors (Lipinski definition) is 3. The first-order valence-corrected chi connectivity index (χ1v) is 10.2. The maximum Gasteiger partial charge on any atom is 0.271 e. The van der Waals surface area contributed by atoms with Gasteiger partial charge in [0.1, 0.15) is 0 Å². The average molecular weight is 388 g/mol. The molecule has 5 nitrogen and oxygen atoms in total. The van der Waals surface area contributed by atoms with Crippen molar-refractivity contribution in [3.05, 3.63) is 34.9 Å². The molecule has 4 aliphatic carbocycles. The van der Waals surface area contributed by atoms with Crippen LogP contribution >= 0.6 is 11.6 Å². The number of hydrazone groups is 1. The van der Waals surface area contributed by atoms with Gasteiger partial charge in [-0.05, 0) is 87.5 Å². The van der Waals surface area contributed by atoms with Crippen LogP contribution in [0.15, 0.2) is 29.4 Å². The molecule has 1 aromatic rings. The molecule has 4 bridgehead atoms. The Kier molecular flexibility index (Phi) is 4.97. The van der Waals surface area contributed by atoms with Gasteiger partial charge in [-0.15, -0.1) is 0 Å². The van der Waals surface area contributed by atoms with E-state index in [0.29, 0.717) is 16.3 Å². The summed E-state index contributed by atoms with van der Waals surface area (Å²) in [5.41, 5.74) is 3.60. The summed E-state index contributed by atoms with van der Waals surface area (Å²) in [6.07, 6.45) is 7.67. The van der Waals surface area contributed by atoms with E-state index in [1.165, 1.54) is 19.3 Å². The van der Waals surface area contributed by atoms with Crippen LogP contribution in [0.2, 0.25) is 5.02 Å². The molecule has 6 heteroatoms. The smallest absolute Gasteiger partial charge is 0.271 e. The number of nitrogens with zero attached hydrogens (tertiary/aromatic N) is 1. The van der Waals surface area contributed by atoms with Crippen molar-refractivity contribution < 1.29 is 9.59 Å². The molecule has 0 unspecified atom stereocenters. The molecule has 0 atom stereocenters. The van der Waals surface area contributed by atoms with E-state index in [9.17, 15) is 9.59 Å². The summed E-state index contributed by atoms with van der Waals surface area (Å²) in [5.74, 6) is 2.09. The van der Waals surface area contributed by atoms with Crippen LogP contribution in [0.5, 0.6) is 0 Å². The molecular formula is C21H26ClN3O2. The molecule has 0 aromatic heterocycles. The van der Waals surface area contributed by atoms with Gasteiger partial charge in [-0.3, -0.25) is 9.59 Å². The fraction of sp³-hybridized carbons (Fsp3) is 0.571. The number of carbonyl (C=O) groups excluding carboxylic acids is 2. The highest BCUT2D eigenvalue weighted by Gasteiger charge is 2.51. The summed E-state index contributed by atoms with van der Waals surface area (Å²) in [7, 11) is 0. The van der Waals surface area contributed by atoms with Crippen molar-refractivity contribution in [1.29, 1.82) is 0 Å². The SMILES string of the molecule is C/C(CC(=O)NC12CC3CC(CC(C3)C1)C2)=N/NC(=O)c1ccc(Cl)cc1. The Labute approximate surface area is 164 Å². The van der Waals surface area contributed by atoms with E-state index in [1.54, 1.807) is 31.2 Å². The number of carbonyl (C=O) groups is 2. The fourth-order valence-corrected chi connectivity index (χ4v) is 5.81. The molecule has 2 N–H and O–H groups in total. The van der Waals surface area contributed by atoms with E-state index in [-0.39, 0.29) is 23.8 Å². The Bertz CT molecular complexity index is 737. The van der Waals surface area contributed by atoms with Gasteiger partial charge in [0, 0.05) is 21.8 Å². The Morgan fingerprint density at radius 1 is 1.07 bits per heavy atom. The Balaban J connectivity index is 1.31. The first kappa shape index (κ1) is 18.5. The predicted octanol–water partition coefficient (Wildman–Crippen LogP) is 3.92. The number of nitrogens with one attached hydrogen (secondary N) is 2. The quantitative estimate of drug-likeness (QED) is 0.593. The van der Waals surface area contributed by atoms with Gasteiger partial charge in [0.2, 0.25) is 5.91 Å². The standard InChI is InChI=1S/C21H26ClN3O2/c1-13(24-25-20(27)17-2-4-18(22)5-3-17)6-19(26)23-21-10-14-7-15(11-21)9-16(8-14)12-21/h2-5,14-16H,6-12H2,1H3,(H,23,26)(H,25,27)/b24-13-. The average Bonchev–Trinajstić information content (AvgIpc) is 2.58. The van der Waals surface area contributed by atoms with Crippen molar-refractivity contribution in [2.75, 3.05) is 0 Å². The number of halogens is 1. The summed E-state index contributed by atoms with van der Waals surface area (Å²) < 4.78 is 0. The summed E-state index contributed by atoms with van der Waals surface area (Å²) in [6, 6.07) is 6.60. The van der Waals surface area contributed by atoms with Crippen LogP contribution < -0.4 is 10.7 Å². The predicted molar refractivity (Wildman–Crippen MR) is 106 cm³/mol. The van der Waals surface area contributed by atoms with Crippen molar-refractivity contribution >= 4 is 29.1 Å². The highest BCUT2D eigenvalue weighted by molar-refractivity contribution is 6.30. The molecule has 4 saturated carbocycles. The summed E-state index contributed by atoms with van der Waals surface area (Å²) in [6.45, 7) is 1.77. The van der Waals surface area contributed by atoms with Gasteiger partial charge in [-0.2, -0.15) is 5.10 Å². The minimum atomic E-state index is -0.312.